The van der Waals surface area contributed by atoms with Gasteiger partial charge in [0.1, 0.15) is 0 Å². The van der Waals surface area contributed by atoms with Gasteiger partial charge in [-0.2, -0.15) is 0 Å². The Morgan fingerprint density at radius 1 is 1.16 bits per heavy atom. The summed E-state index contributed by atoms with van der Waals surface area (Å²) in [5, 5.41) is 3.91. The average Bonchev–Trinajstić information content (AvgIpc) is 2.35. The van der Waals surface area contributed by atoms with Crippen LogP contribution in [0.5, 0.6) is 0 Å². The van der Waals surface area contributed by atoms with Crippen LogP contribution in [-0.4, -0.2) is 49.8 Å². The lowest BCUT2D eigenvalue weighted by Crippen LogP contribution is -2.59. The number of piperidine rings is 1. The van der Waals surface area contributed by atoms with Crippen LogP contribution in [0.3, 0.4) is 0 Å². The standard InChI is InChI=1S/C16H32N2O/c1-12(2)18-10-14-6-5-7-15(11-18)16(14)17-13(3)8-9-19-4/h12-17H,5-11H2,1-4H3. The van der Waals surface area contributed by atoms with Gasteiger partial charge in [0.25, 0.3) is 0 Å². The number of hydrogen-bond acceptors (Lipinski definition) is 3. The van der Waals surface area contributed by atoms with E-state index in [-0.39, 0.29) is 0 Å². The van der Waals surface area contributed by atoms with Gasteiger partial charge in [-0.3, -0.25) is 0 Å². The molecular weight excluding hydrogens is 236 g/mol. The smallest absolute Gasteiger partial charge is 0.0476 e. The topological polar surface area (TPSA) is 24.5 Å². The fraction of sp³-hybridized carbons (Fsp3) is 1.00. The number of hydrogen-bond donors (Lipinski definition) is 1. The van der Waals surface area contributed by atoms with Crippen molar-refractivity contribution in [2.45, 2.75) is 64.6 Å². The van der Waals surface area contributed by atoms with Crippen LogP contribution in [0.4, 0.5) is 0 Å². The molecule has 2 bridgehead atoms. The molecule has 1 saturated heterocycles. The van der Waals surface area contributed by atoms with Crippen LogP contribution in [0.1, 0.15) is 46.5 Å². The van der Waals surface area contributed by atoms with E-state index in [1.165, 1.54) is 32.4 Å². The van der Waals surface area contributed by atoms with Crippen LogP contribution in [0.15, 0.2) is 0 Å². The summed E-state index contributed by atoms with van der Waals surface area (Å²) in [6, 6.07) is 2.03. The highest BCUT2D eigenvalue weighted by atomic mass is 16.5. The molecule has 3 atom stereocenters. The molecule has 2 fully saturated rings. The quantitative estimate of drug-likeness (QED) is 0.801. The molecule has 0 radical (unpaired) electrons. The van der Waals surface area contributed by atoms with Crippen LogP contribution in [0, 0.1) is 11.8 Å². The van der Waals surface area contributed by atoms with Crippen molar-refractivity contribution in [3.05, 3.63) is 0 Å². The van der Waals surface area contributed by atoms with Crippen molar-refractivity contribution < 1.29 is 4.74 Å². The Labute approximate surface area is 119 Å². The number of likely N-dealkylation sites (tertiary alicyclic amines) is 1. The number of nitrogens with zero attached hydrogens (tertiary/aromatic N) is 1. The summed E-state index contributed by atoms with van der Waals surface area (Å²) < 4.78 is 5.20. The third-order valence-corrected chi connectivity index (χ3v) is 5.07. The van der Waals surface area contributed by atoms with Crippen molar-refractivity contribution in [3.8, 4) is 0 Å². The number of methoxy groups -OCH3 is 1. The van der Waals surface area contributed by atoms with Gasteiger partial charge in [0.2, 0.25) is 0 Å². The minimum atomic E-state index is 0.582. The first-order chi connectivity index (χ1) is 9.11. The maximum atomic E-state index is 5.20. The minimum absolute atomic E-state index is 0.582. The van der Waals surface area contributed by atoms with E-state index in [9.17, 15) is 0 Å². The Kier molecular flexibility index (Phi) is 5.67. The molecule has 1 N–H and O–H groups in total. The summed E-state index contributed by atoms with van der Waals surface area (Å²) in [4.78, 5) is 2.69. The van der Waals surface area contributed by atoms with Crippen LogP contribution >= 0.6 is 0 Å². The Balaban J connectivity index is 1.90. The lowest BCUT2D eigenvalue weighted by atomic mass is 9.73. The van der Waals surface area contributed by atoms with Gasteiger partial charge < -0.3 is 15.0 Å². The Bertz CT molecular complexity index is 255. The van der Waals surface area contributed by atoms with E-state index in [1.807, 2.05) is 0 Å². The van der Waals surface area contributed by atoms with E-state index >= 15 is 0 Å². The summed E-state index contributed by atoms with van der Waals surface area (Å²) >= 11 is 0. The normalized spacial score (nSPS) is 33.6. The first-order valence-corrected chi connectivity index (χ1v) is 8.10. The van der Waals surface area contributed by atoms with E-state index < -0.39 is 0 Å². The zero-order valence-electron chi connectivity index (χ0n) is 13.2. The summed E-state index contributed by atoms with van der Waals surface area (Å²) in [5.74, 6) is 1.72. The van der Waals surface area contributed by atoms with Gasteiger partial charge in [-0.15, -0.1) is 0 Å². The van der Waals surface area contributed by atoms with Gasteiger partial charge in [-0.05, 0) is 51.9 Å². The SMILES string of the molecule is COCCC(C)NC1C2CCCC1CN(C(C)C)C2. The van der Waals surface area contributed by atoms with E-state index in [0.717, 1.165) is 30.9 Å². The fourth-order valence-corrected chi connectivity index (χ4v) is 3.87. The molecule has 112 valence electrons. The molecule has 1 heterocycles. The minimum Gasteiger partial charge on any atom is -0.385 e. The van der Waals surface area contributed by atoms with Gasteiger partial charge >= 0.3 is 0 Å². The second-order valence-electron chi connectivity index (χ2n) is 6.87. The molecule has 0 amide bonds. The summed E-state index contributed by atoms with van der Waals surface area (Å²) in [5.41, 5.74) is 0. The molecule has 3 nitrogen and oxygen atoms in total. The molecule has 3 unspecified atom stereocenters. The fourth-order valence-electron chi connectivity index (χ4n) is 3.87. The monoisotopic (exact) mass is 268 g/mol. The second kappa shape index (κ2) is 7.05. The highest BCUT2D eigenvalue weighted by molar-refractivity contribution is 4.96. The molecule has 2 rings (SSSR count). The maximum absolute atomic E-state index is 5.20. The van der Waals surface area contributed by atoms with Gasteiger partial charge in [0.15, 0.2) is 0 Å². The Morgan fingerprint density at radius 3 is 2.32 bits per heavy atom. The molecule has 19 heavy (non-hydrogen) atoms. The number of fused-ring (bicyclic) bond motifs is 2. The first kappa shape index (κ1) is 15.3. The Hall–Kier alpha value is -0.120. The van der Waals surface area contributed by atoms with Crippen LogP contribution in [-0.2, 0) is 4.74 Å². The number of nitrogens with one attached hydrogen (secondary N) is 1. The Morgan fingerprint density at radius 2 is 1.79 bits per heavy atom. The highest BCUT2D eigenvalue weighted by Gasteiger charge is 2.40. The van der Waals surface area contributed by atoms with Gasteiger partial charge in [0.05, 0.1) is 0 Å². The second-order valence-corrected chi connectivity index (χ2v) is 6.87. The molecule has 3 heteroatoms. The zero-order chi connectivity index (χ0) is 13.8. The third-order valence-electron chi connectivity index (χ3n) is 5.07. The van der Waals surface area contributed by atoms with Crippen LogP contribution in [0.2, 0.25) is 0 Å². The zero-order valence-corrected chi connectivity index (χ0v) is 13.2. The van der Waals surface area contributed by atoms with Crippen molar-refractivity contribution in [2.75, 3.05) is 26.8 Å². The summed E-state index contributed by atoms with van der Waals surface area (Å²) in [6.45, 7) is 10.4. The van der Waals surface area contributed by atoms with E-state index in [4.69, 9.17) is 4.74 Å². The summed E-state index contributed by atoms with van der Waals surface area (Å²) in [7, 11) is 1.79. The highest BCUT2D eigenvalue weighted by Crippen LogP contribution is 2.35. The predicted octanol–water partition coefficient (Wildman–Crippen LogP) is 2.51. The van der Waals surface area contributed by atoms with Gasteiger partial charge in [0, 0.05) is 44.9 Å². The predicted molar refractivity (Wildman–Crippen MR) is 80.4 cm³/mol. The summed E-state index contributed by atoms with van der Waals surface area (Å²) in [6.07, 6.45) is 5.38. The average molecular weight is 268 g/mol. The molecule has 2 aliphatic rings. The molecule has 1 aliphatic heterocycles. The molecular formula is C16H32N2O. The molecule has 0 spiro atoms. The first-order valence-electron chi connectivity index (χ1n) is 8.10. The van der Waals surface area contributed by atoms with Crippen molar-refractivity contribution in [1.82, 2.24) is 10.2 Å². The molecule has 1 aliphatic carbocycles. The molecule has 0 aromatic carbocycles. The van der Waals surface area contributed by atoms with Crippen molar-refractivity contribution in [1.29, 1.82) is 0 Å². The van der Waals surface area contributed by atoms with E-state index in [1.54, 1.807) is 7.11 Å². The molecule has 0 aromatic rings. The largest absolute Gasteiger partial charge is 0.385 e. The number of rotatable bonds is 6. The number of ether oxygens (including phenoxy) is 1. The lowest BCUT2D eigenvalue weighted by Gasteiger charge is -2.49. The van der Waals surface area contributed by atoms with E-state index in [0.29, 0.717) is 12.1 Å². The van der Waals surface area contributed by atoms with Crippen molar-refractivity contribution in [2.24, 2.45) is 11.8 Å². The third kappa shape index (κ3) is 3.93. The van der Waals surface area contributed by atoms with E-state index in [2.05, 4.69) is 31.0 Å². The van der Waals surface area contributed by atoms with Crippen molar-refractivity contribution in [3.63, 3.8) is 0 Å². The van der Waals surface area contributed by atoms with Crippen LogP contribution in [0.25, 0.3) is 0 Å². The van der Waals surface area contributed by atoms with Gasteiger partial charge in [-0.25, -0.2) is 0 Å². The lowest BCUT2D eigenvalue weighted by molar-refractivity contribution is 0.0241. The van der Waals surface area contributed by atoms with Crippen LogP contribution < -0.4 is 5.32 Å². The molecule has 1 saturated carbocycles. The maximum Gasteiger partial charge on any atom is 0.0476 e. The van der Waals surface area contributed by atoms with Crippen molar-refractivity contribution >= 4 is 0 Å². The van der Waals surface area contributed by atoms with Gasteiger partial charge in [-0.1, -0.05) is 6.42 Å². The molecule has 0 aromatic heterocycles.